The lowest BCUT2D eigenvalue weighted by Crippen LogP contribution is -2.44. The van der Waals surface area contributed by atoms with Crippen molar-refractivity contribution >= 4 is 67.9 Å². The van der Waals surface area contributed by atoms with Crippen LogP contribution in [0.2, 0.25) is 0 Å². The van der Waals surface area contributed by atoms with Crippen LogP contribution in [0.5, 0.6) is 0 Å². The monoisotopic (exact) mass is 766 g/mol. The zero-order chi connectivity index (χ0) is 40.2. The molecule has 0 atom stereocenters. The Hall–Kier alpha value is -7.20. The molecule has 0 aromatic heterocycles. The molecule has 5 aromatic rings. The Morgan fingerprint density at radius 3 is 1.52 bits per heavy atom. The number of hydrogen-bond donors (Lipinski definition) is 0. The van der Waals surface area contributed by atoms with Crippen LogP contribution < -0.4 is 10.0 Å². The fraction of sp³-hybridized carbons (Fsp3) is 0.167. The summed E-state index contributed by atoms with van der Waals surface area (Å²) in [6.07, 6.45) is 7.21. The highest BCUT2D eigenvalue weighted by molar-refractivity contribution is 6.39. The van der Waals surface area contributed by atoms with E-state index in [1.165, 1.54) is 9.80 Å². The summed E-state index contributed by atoms with van der Waals surface area (Å²) >= 11 is 0. The second kappa shape index (κ2) is 14.4. The van der Waals surface area contributed by atoms with Gasteiger partial charge in [-0.2, -0.15) is 0 Å². The molecule has 0 fully saturated rings. The van der Waals surface area contributed by atoms with Crippen molar-refractivity contribution in [2.75, 3.05) is 44.2 Å². The smallest absolute Gasteiger partial charge is 0.261 e. The van der Waals surface area contributed by atoms with E-state index in [9.17, 15) is 29.1 Å². The molecule has 0 unspecified atom stereocenters. The second-order valence-electron chi connectivity index (χ2n) is 14.6. The Labute approximate surface area is 334 Å². The maximum Gasteiger partial charge on any atom is 0.261 e. The van der Waals surface area contributed by atoms with Crippen molar-refractivity contribution in [1.82, 2.24) is 9.80 Å². The van der Waals surface area contributed by atoms with Gasteiger partial charge in [0.25, 0.3) is 23.6 Å². The number of rotatable bonds is 10. The van der Waals surface area contributed by atoms with Gasteiger partial charge in [0.1, 0.15) is 6.54 Å². The molecule has 4 amide bonds. The molecule has 2 aliphatic carbocycles. The van der Waals surface area contributed by atoms with Gasteiger partial charge in [0.2, 0.25) is 0 Å². The Morgan fingerprint density at radius 1 is 0.586 bits per heavy atom. The Morgan fingerprint density at radius 2 is 1.07 bits per heavy atom. The van der Waals surface area contributed by atoms with Crippen molar-refractivity contribution in [2.45, 2.75) is 13.8 Å². The van der Waals surface area contributed by atoms with E-state index in [1.54, 1.807) is 48.6 Å². The lowest BCUT2D eigenvalue weighted by molar-refractivity contribution is -0.522. The quantitative estimate of drug-likeness (QED) is 0.0978. The number of anilines is 1. The van der Waals surface area contributed by atoms with Crippen LogP contribution in [0.3, 0.4) is 0 Å². The average Bonchev–Trinajstić information content (AvgIpc) is 3.25. The summed E-state index contributed by atoms with van der Waals surface area (Å²) in [4.78, 5) is 71.8. The molecular formula is C48H38N4O6. The first-order chi connectivity index (χ1) is 28.2. The Bertz CT molecular complexity index is 2700. The third-order valence-electron chi connectivity index (χ3n) is 11.6. The van der Waals surface area contributed by atoms with Crippen LogP contribution in [-0.4, -0.2) is 88.8 Å². The van der Waals surface area contributed by atoms with E-state index in [1.807, 2.05) is 96.1 Å². The number of ketones is 1. The number of carbonyl (C=O) groups is 5. The summed E-state index contributed by atoms with van der Waals surface area (Å²) in [7, 11) is 0. The molecule has 9 rings (SSSR count). The van der Waals surface area contributed by atoms with Crippen LogP contribution in [-0.2, 0) is 4.79 Å². The molecule has 0 radical (unpaired) electrons. The van der Waals surface area contributed by atoms with Crippen molar-refractivity contribution < 1.29 is 33.7 Å². The lowest BCUT2D eigenvalue weighted by Gasteiger charge is -2.33. The topological polar surface area (TPSA) is 121 Å². The number of imide groups is 2. The number of carbonyl (C=O) groups excluding carboxylic acids is 5. The van der Waals surface area contributed by atoms with E-state index in [-0.39, 0.29) is 59.4 Å². The summed E-state index contributed by atoms with van der Waals surface area (Å²) in [5, 5.41) is 16.6. The maximum atomic E-state index is 13.5. The van der Waals surface area contributed by atoms with Gasteiger partial charge in [-0.25, -0.2) is 4.58 Å². The third kappa shape index (κ3) is 5.79. The minimum Gasteiger partial charge on any atom is -0.871 e. The average molecular weight is 767 g/mol. The molecule has 0 bridgehead atoms. The first kappa shape index (κ1) is 36.4. The van der Waals surface area contributed by atoms with Gasteiger partial charge in [-0.3, -0.25) is 33.8 Å². The van der Waals surface area contributed by atoms with Crippen molar-refractivity contribution in [3.05, 3.63) is 166 Å². The summed E-state index contributed by atoms with van der Waals surface area (Å²) in [5.74, 6) is -1.87. The van der Waals surface area contributed by atoms with Gasteiger partial charge in [0.15, 0.2) is 18.0 Å². The molecular weight excluding hydrogens is 729 g/mol. The molecule has 2 aliphatic heterocycles. The molecule has 0 saturated carbocycles. The number of benzene rings is 5. The maximum absolute atomic E-state index is 13.5. The molecule has 0 spiro atoms. The van der Waals surface area contributed by atoms with Crippen molar-refractivity contribution in [2.24, 2.45) is 0 Å². The van der Waals surface area contributed by atoms with E-state index in [0.717, 1.165) is 22.2 Å². The van der Waals surface area contributed by atoms with Gasteiger partial charge in [0.05, 0.1) is 6.54 Å². The number of Topliss-reactive ketones (excluding diaryl/α,β-unsaturated/α-hetero) is 1. The van der Waals surface area contributed by atoms with Gasteiger partial charge in [-0.1, -0.05) is 66.4 Å². The molecule has 286 valence electrons. The minimum atomic E-state index is -0.319. The largest absolute Gasteiger partial charge is 0.871 e. The van der Waals surface area contributed by atoms with E-state index >= 15 is 0 Å². The highest BCUT2D eigenvalue weighted by Crippen LogP contribution is 2.38. The van der Waals surface area contributed by atoms with Crippen molar-refractivity contribution in [3.8, 4) is 0 Å². The van der Waals surface area contributed by atoms with E-state index in [4.69, 9.17) is 0 Å². The highest BCUT2D eigenvalue weighted by Gasteiger charge is 2.35. The van der Waals surface area contributed by atoms with Crippen LogP contribution in [0, 0.1) is 0 Å². The number of nitrogens with zero attached hydrogens (tertiary/aromatic N) is 4. The number of likely N-dealkylation sites (N-methyl/N-ethyl adjacent to an activating group) is 2. The van der Waals surface area contributed by atoms with Crippen molar-refractivity contribution in [1.29, 1.82) is 0 Å². The lowest BCUT2D eigenvalue weighted by atomic mass is 9.80. The third-order valence-corrected chi connectivity index (χ3v) is 11.6. The molecule has 0 N–H and O–H groups in total. The molecule has 4 aliphatic rings. The predicted molar refractivity (Wildman–Crippen MR) is 221 cm³/mol. The van der Waals surface area contributed by atoms with E-state index in [2.05, 4.69) is 0 Å². The molecule has 10 heteroatoms. The molecule has 58 heavy (non-hydrogen) atoms. The van der Waals surface area contributed by atoms with Crippen LogP contribution in [0.1, 0.15) is 60.8 Å². The standard InChI is InChI=1S/C48H38N4O6/c1-3-49(25-27-51-45(55)35-13-5-9-29-10-6-14-36(39(29)35)46(51)56)33-21-17-31(18-22-33)41-43(53)42(44(41)54)32-19-23-34(24-20-32)50(4-2)26-28-52-47(57)37-15-7-11-30-12-8-16-38(40(30)37)48(52)58/h5-24H,3-4,25-28H2,1-2H3. The molecule has 0 saturated heterocycles. The normalized spacial score (nSPS) is 16.0. The summed E-state index contributed by atoms with van der Waals surface area (Å²) in [6, 6.07) is 29.2. The van der Waals surface area contributed by atoms with Crippen LogP contribution in [0.4, 0.5) is 5.69 Å². The van der Waals surface area contributed by atoms with E-state index in [0.29, 0.717) is 70.3 Å². The molecule has 2 heterocycles. The van der Waals surface area contributed by atoms with Gasteiger partial charge in [0, 0.05) is 81.6 Å². The first-order valence-corrected chi connectivity index (χ1v) is 19.5. The first-order valence-electron chi connectivity index (χ1n) is 19.5. The fourth-order valence-corrected chi connectivity index (χ4v) is 8.54. The van der Waals surface area contributed by atoms with Crippen LogP contribution in [0.25, 0.3) is 27.1 Å². The molecule has 5 aromatic carbocycles. The number of allylic oxidation sites excluding steroid dienone is 7. The van der Waals surface area contributed by atoms with Gasteiger partial charge < -0.3 is 10.0 Å². The Kier molecular flexibility index (Phi) is 9.04. The SMILES string of the molecule is CCN(CCN1C(=O)c2cccc3cccc(c23)C1=O)c1ccc(C2=C([O-])C(=C3C=CC(=[N+](CC)CCN4C(=O)c5cccc6cccc(c56)C4=O)C=C3)C2=O)cc1. The van der Waals surface area contributed by atoms with Gasteiger partial charge in [-0.05, 0) is 84.3 Å². The minimum absolute atomic E-state index is 0.134. The summed E-state index contributed by atoms with van der Waals surface area (Å²) in [5.41, 5.74) is 5.08. The zero-order valence-corrected chi connectivity index (χ0v) is 32.0. The molecule has 10 nitrogen and oxygen atoms in total. The van der Waals surface area contributed by atoms with Gasteiger partial charge >= 0.3 is 0 Å². The van der Waals surface area contributed by atoms with Crippen LogP contribution in [0.15, 0.2) is 138 Å². The van der Waals surface area contributed by atoms with Crippen LogP contribution >= 0.6 is 0 Å². The van der Waals surface area contributed by atoms with Gasteiger partial charge in [-0.15, -0.1) is 0 Å². The summed E-state index contributed by atoms with van der Waals surface area (Å²) < 4.78 is 2.04. The van der Waals surface area contributed by atoms with E-state index < -0.39 is 0 Å². The summed E-state index contributed by atoms with van der Waals surface area (Å²) in [6.45, 7) is 6.40. The Balaban J connectivity index is 0.868. The number of hydrogen-bond acceptors (Lipinski definition) is 7. The highest BCUT2D eigenvalue weighted by atomic mass is 16.3. The second-order valence-corrected chi connectivity index (χ2v) is 14.6. The number of amides is 4. The zero-order valence-electron chi connectivity index (χ0n) is 32.0. The predicted octanol–water partition coefficient (Wildman–Crippen LogP) is 5.96. The van der Waals surface area contributed by atoms with Crippen molar-refractivity contribution in [3.63, 3.8) is 0 Å². The fourth-order valence-electron chi connectivity index (χ4n) is 8.54.